The number of nitrogens with zero attached hydrogens (tertiary/aromatic N) is 1. The van der Waals surface area contributed by atoms with Gasteiger partial charge in [-0.2, -0.15) is 5.10 Å². The van der Waals surface area contributed by atoms with Gasteiger partial charge in [0, 0.05) is 5.56 Å². The molecule has 1 atom stereocenters. The second kappa shape index (κ2) is 12.8. The van der Waals surface area contributed by atoms with Crippen LogP contribution < -0.4 is 20.2 Å². The largest absolute Gasteiger partial charge is 0.490 e. The Balaban J connectivity index is 2.11. The number of ether oxygens (including phenoxy) is 2. The van der Waals surface area contributed by atoms with Crippen LogP contribution >= 0.6 is 39.1 Å². The highest BCUT2D eigenvalue weighted by molar-refractivity contribution is 9.10. The lowest BCUT2D eigenvalue weighted by Gasteiger charge is -2.20. The maximum Gasteiger partial charge on any atom is 0.262 e. The van der Waals surface area contributed by atoms with E-state index in [0.717, 1.165) is 0 Å². The molecule has 0 fully saturated rings. The summed E-state index contributed by atoms with van der Waals surface area (Å²) >= 11 is 15.4. The van der Waals surface area contributed by atoms with E-state index < -0.39 is 17.9 Å². The van der Waals surface area contributed by atoms with E-state index in [1.165, 1.54) is 24.4 Å². The summed E-state index contributed by atoms with van der Waals surface area (Å²) in [5.41, 5.74) is 3.47. The van der Waals surface area contributed by atoms with Crippen molar-refractivity contribution in [2.75, 3.05) is 13.2 Å². The van der Waals surface area contributed by atoms with Gasteiger partial charge < -0.3 is 14.8 Å². The molecule has 1 unspecified atom stereocenters. The quantitative estimate of drug-likeness (QED) is 0.299. The molecule has 10 heteroatoms. The first-order valence-electron chi connectivity index (χ1n) is 10.4. The number of rotatable bonds is 10. The third-order valence-corrected chi connectivity index (χ3v) is 5.75. The lowest BCUT2D eigenvalue weighted by atomic mass is 10.0. The van der Waals surface area contributed by atoms with Gasteiger partial charge in [-0.3, -0.25) is 9.59 Å². The van der Waals surface area contributed by atoms with E-state index >= 15 is 0 Å². The number of carbonyl (C=O) groups is 2. The van der Waals surface area contributed by atoms with Crippen LogP contribution in [0.5, 0.6) is 11.5 Å². The number of amides is 2. The Morgan fingerprint density at radius 1 is 1.09 bits per heavy atom. The van der Waals surface area contributed by atoms with Crippen LogP contribution in [0.25, 0.3) is 0 Å². The van der Waals surface area contributed by atoms with Crippen molar-refractivity contribution >= 4 is 57.2 Å². The number of hydrazone groups is 1. The van der Waals surface area contributed by atoms with Crippen LogP contribution in [0.4, 0.5) is 0 Å². The van der Waals surface area contributed by atoms with Crippen molar-refractivity contribution in [3.8, 4) is 11.5 Å². The maximum atomic E-state index is 12.7. The van der Waals surface area contributed by atoms with Crippen LogP contribution in [0.3, 0.4) is 0 Å². The van der Waals surface area contributed by atoms with Crippen molar-refractivity contribution in [3.05, 3.63) is 56.0 Å². The molecule has 2 N–H and O–H groups in total. The highest BCUT2D eigenvalue weighted by atomic mass is 79.9. The third kappa shape index (κ3) is 7.62. The first kappa shape index (κ1) is 27.0. The Morgan fingerprint density at radius 3 is 2.39 bits per heavy atom. The maximum absolute atomic E-state index is 12.7. The van der Waals surface area contributed by atoms with E-state index in [1.807, 2.05) is 27.7 Å². The summed E-state index contributed by atoms with van der Waals surface area (Å²) < 4.78 is 12.0. The zero-order valence-electron chi connectivity index (χ0n) is 18.7. The number of nitrogens with one attached hydrogen (secondary N) is 2. The summed E-state index contributed by atoms with van der Waals surface area (Å²) in [6, 6.07) is 7.27. The zero-order valence-corrected chi connectivity index (χ0v) is 21.8. The molecule has 2 rings (SSSR count). The Hall–Kier alpha value is -2.29. The second-order valence-corrected chi connectivity index (χ2v) is 8.92. The van der Waals surface area contributed by atoms with Crippen molar-refractivity contribution in [2.45, 2.75) is 33.7 Å². The van der Waals surface area contributed by atoms with Gasteiger partial charge in [-0.15, -0.1) is 0 Å². The molecule has 2 amide bonds. The predicted octanol–water partition coefficient (Wildman–Crippen LogP) is 5.46. The number of halogens is 3. The van der Waals surface area contributed by atoms with Crippen LogP contribution in [0.2, 0.25) is 10.0 Å². The Bertz CT molecular complexity index is 1030. The van der Waals surface area contributed by atoms with Crippen LogP contribution in [0.1, 0.15) is 43.6 Å². The fourth-order valence-corrected chi connectivity index (χ4v) is 3.72. The summed E-state index contributed by atoms with van der Waals surface area (Å²) in [7, 11) is 0. The van der Waals surface area contributed by atoms with Gasteiger partial charge in [0.25, 0.3) is 11.8 Å². The molecular formula is C23H26BrCl2N3O4. The molecule has 0 saturated heterocycles. The molecule has 0 aliphatic carbocycles. The van der Waals surface area contributed by atoms with E-state index in [2.05, 4.69) is 31.8 Å². The summed E-state index contributed by atoms with van der Waals surface area (Å²) in [6.07, 6.45) is 1.49. The lowest BCUT2D eigenvalue weighted by Crippen LogP contribution is -2.48. The van der Waals surface area contributed by atoms with Crippen molar-refractivity contribution in [3.63, 3.8) is 0 Å². The van der Waals surface area contributed by atoms with E-state index in [1.54, 1.807) is 12.1 Å². The van der Waals surface area contributed by atoms with Gasteiger partial charge >= 0.3 is 0 Å². The zero-order chi connectivity index (χ0) is 24.5. The summed E-state index contributed by atoms with van der Waals surface area (Å²) in [4.78, 5) is 25.3. The molecule has 7 nitrogen and oxygen atoms in total. The fraction of sp³-hybridized carbons (Fsp3) is 0.348. The van der Waals surface area contributed by atoms with Crippen molar-refractivity contribution in [1.82, 2.24) is 10.7 Å². The van der Waals surface area contributed by atoms with Crippen LogP contribution in [0, 0.1) is 5.92 Å². The SMILES string of the molecule is CCOc1cc(C=NNC(=O)C(NC(=O)c2ccc(Cl)c(Cl)c2)C(C)C)cc(Br)c1OCC. The Kier molecular flexibility index (Phi) is 10.5. The molecule has 2 aromatic rings. The van der Waals surface area contributed by atoms with Gasteiger partial charge in [-0.05, 0) is 71.6 Å². The summed E-state index contributed by atoms with van der Waals surface area (Å²) in [5, 5.41) is 7.35. The minimum absolute atomic E-state index is 0.184. The molecular weight excluding hydrogens is 533 g/mol. The van der Waals surface area contributed by atoms with E-state index in [0.29, 0.717) is 45.3 Å². The third-order valence-electron chi connectivity index (χ3n) is 4.43. The number of benzene rings is 2. The molecule has 0 spiro atoms. The number of carbonyl (C=O) groups excluding carboxylic acids is 2. The standard InChI is InChI=1S/C23H26BrCl2N3O4/c1-5-32-19-10-14(9-16(24)21(19)33-6-2)12-27-29-23(31)20(13(3)4)28-22(30)15-7-8-17(25)18(26)11-15/h7-13,20H,5-6H2,1-4H3,(H,28,30)(H,29,31). The number of hydrogen-bond donors (Lipinski definition) is 2. The molecule has 178 valence electrons. The molecule has 0 aliphatic rings. The van der Waals surface area contributed by atoms with Gasteiger partial charge in [0.2, 0.25) is 0 Å². The van der Waals surface area contributed by atoms with Gasteiger partial charge in [0.15, 0.2) is 11.5 Å². The van der Waals surface area contributed by atoms with Crippen molar-refractivity contribution in [1.29, 1.82) is 0 Å². The minimum atomic E-state index is -0.810. The van der Waals surface area contributed by atoms with Crippen LogP contribution in [0.15, 0.2) is 39.9 Å². The molecule has 0 aromatic heterocycles. The van der Waals surface area contributed by atoms with Crippen LogP contribution in [-0.4, -0.2) is 37.3 Å². The van der Waals surface area contributed by atoms with Gasteiger partial charge in [0.1, 0.15) is 6.04 Å². The fourth-order valence-electron chi connectivity index (χ4n) is 2.85. The van der Waals surface area contributed by atoms with Crippen molar-refractivity contribution < 1.29 is 19.1 Å². The normalized spacial score (nSPS) is 12.0. The first-order valence-corrected chi connectivity index (χ1v) is 11.9. The lowest BCUT2D eigenvalue weighted by molar-refractivity contribution is -0.123. The molecule has 0 bridgehead atoms. The molecule has 33 heavy (non-hydrogen) atoms. The summed E-state index contributed by atoms with van der Waals surface area (Å²) in [5.74, 6) is 0.0878. The van der Waals surface area contributed by atoms with Crippen molar-refractivity contribution in [2.24, 2.45) is 11.0 Å². The van der Waals surface area contributed by atoms with E-state index in [9.17, 15) is 9.59 Å². The highest BCUT2D eigenvalue weighted by Crippen LogP contribution is 2.36. The Labute approximate surface area is 211 Å². The first-order chi connectivity index (χ1) is 15.7. The molecule has 0 aliphatic heterocycles. The Morgan fingerprint density at radius 2 is 1.79 bits per heavy atom. The van der Waals surface area contributed by atoms with Gasteiger partial charge in [-0.1, -0.05) is 37.0 Å². The topological polar surface area (TPSA) is 89.0 Å². The summed E-state index contributed by atoms with van der Waals surface area (Å²) in [6.45, 7) is 8.37. The van der Waals surface area contributed by atoms with E-state index in [4.69, 9.17) is 32.7 Å². The molecule has 2 aromatic carbocycles. The molecule has 0 heterocycles. The molecule has 0 radical (unpaired) electrons. The number of hydrogen-bond acceptors (Lipinski definition) is 5. The van der Waals surface area contributed by atoms with Gasteiger partial charge in [0.05, 0.1) is 33.9 Å². The average Bonchev–Trinajstić information content (AvgIpc) is 2.76. The predicted molar refractivity (Wildman–Crippen MR) is 135 cm³/mol. The second-order valence-electron chi connectivity index (χ2n) is 7.25. The minimum Gasteiger partial charge on any atom is -0.490 e. The van der Waals surface area contributed by atoms with Gasteiger partial charge in [-0.25, -0.2) is 5.43 Å². The monoisotopic (exact) mass is 557 g/mol. The average molecular weight is 559 g/mol. The van der Waals surface area contributed by atoms with E-state index in [-0.39, 0.29) is 10.9 Å². The van der Waals surface area contributed by atoms with Crippen LogP contribution in [-0.2, 0) is 4.79 Å². The highest BCUT2D eigenvalue weighted by Gasteiger charge is 2.24. The molecule has 0 saturated carbocycles. The smallest absolute Gasteiger partial charge is 0.262 e.